The second-order valence-corrected chi connectivity index (χ2v) is 4.94. The van der Waals surface area contributed by atoms with Gasteiger partial charge < -0.3 is 15.3 Å². The van der Waals surface area contributed by atoms with Gasteiger partial charge >= 0.3 is 0 Å². The number of aliphatic hydroxyl groups excluding tert-OH is 1. The third kappa shape index (κ3) is 4.93. The van der Waals surface area contributed by atoms with E-state index in [2.05, 4.69) is 10.3 Å². The predicted octanol–water partition coefficient (Wildman–Crippen LogP) is 1.95. The van der Waals surface area contributed by atoms with Crippen LogP contribution in [0.1, 0.15) is 35.8 Å². The van der Waals surface area contributed by atoms with Crippen LogP contribution in [-0.2, 0) is 0 Å². The number of halogens is 2. The molecule has 0 saturated carbocycles. The van der Waals surface area contributed by atoms with Crippen LogP contribution in [0.4, 0.5) is 14.6 Å². The van der Waals surface area contributed by atoms with Crippen molar-refractivity contribution in [2.24, 2.45) is 0 Å². The number of aromatic nitrogens is 1. The van der Waals surface area contributed by atoms with Crippen LogP contribution >= 0.6 is 0 Å². The summed E-state index contributed by atoms with van der Waals surface area (Å²) in [5, 5.41) is 11.8. The van der Waals surface area contributed by atoms with Crippen molar-refractivity contribution >= 4 is 11.7 Å². The Balaban J connectivity index is 3.10. The average molecular weight is 301 g/mol. The molecule has 0 aliphatic carbocycles. The second kappa shape index (κ2) is 7.87. The Morgan fingerprint density at radius 2 is 2.10 bits per heavy atom. The summed E-state index contributed by atoms with van der Waals surface area (Å²) in [6, 6.07) is 3.12. The average Bonchev–Trinajstić information content (AvgIpc) is 2.45. The zero-order valence-corrected chi connectivity index (χ0v) is 12.4. The summed E-state index contributed by atoms with van der Waals surface area (Å²) in [4.78, 5) is 17.6. The van der Waals surface area contributed by atoms with Crippen LogP contribution in [0, 0.1) is 0 Å². The molecule has 0 atom stereocenters. The number of aliphatic hydroxyl groups is 1. The van der Waals surface area contributed by atoms with E-state index in [1.54, 1.807) is 13.1 Å². The molecule has 1 rings (SSSR count). The highest BCUT2D eigenvalue weighted by Crippen LogP contribution is 2.19. The summed E-state index contributed by atoms with van der Waals surface area (Å²) in [5.74, 6) is 0.0712. The number of nitrogens with zero attached hydrogens (tertiary/aromatic N) is 2. The van der Waals surface area contributed by atoms with Gasteiger partial charge in [-0.15, -0.1) is 0 Å². The Kier molecular flexibility index (Phi) is 6.48. The number of alkyl halides is 2. The maximum Gasteiger partial charge on any atom is 0.255 e. The molecule has 1 aromatic heterocycles. The smallest absolute Gasteiger partial charge is 0.255 e. The van der Waals surface area contributed by atoms with E-state index in [1.165, 1.54) is 6.07 Å². The first-order valence-corrected chi connectivity index (χ1v) is 6.77. The molecule has 118 valence electrons. The number of pyridine rings is 1. The maximum absolute atomic E-state index is 12.5. The minimum absolute atomic E-state index is 0.103. The molecule has 0 aromatic carbocycles. The summed E-state index contributed by atoms with van der Waals surface area (Å²) < 4.78 is 25.1. The highest BCUT2D eigenvalue weighted by Gasteiger charge is 2.21. The minimum Gasteiger partial charge on any atom is -0.395 e. The monoisotopic (exact) mass is 301 g/mol. The van der Waals surface area contributed by atoms with E-state index in [9.17, 15) is 13.6 Å². The van der Waals surface area contributed by atoms with Crippen LogP contribution in [0.5, 0.6) is 0 Å². The number of hydrogen-bond donors (Lipinski definition) is 2. The Morgan fingerprint density at radius 3 is 2.57 bits per heavy atom. The van der Waals surface area contributed by atoms with Crippen molar-refractivity contribution in [1.29, 1.82) is 0 Å². The molecule has 0 fully saturated rings. The highest BCUT2D eigenvalue weighted by molar-refractivity contribution is 5.95. The topological polar surface area (TPSA) is 65.5 Å². The molecule has 0 aliphatic rings. The van der Waals surface area contributed by atoms with Crippen LogP contribution in [0.2, 0.25) is 0 Å². The molecule has 1 aromatic rings. The Hall–Kier alpha value is -1.76. The predicted molar refractivity (Wildman–Crippen MR) is 76.9 cm³/mol. The van der Waals surface area contributed by atoms with Gasteiger partial charge in [0.05, 0.1) is 13.2 Å². The second-order valence-electron chi connectivity index (χ2n) is 4.94. The fourth-order valence-electron chi connectivity index (χ4n) is 1.84. The lowest BCUT2D eigenvalue weighted by Crippen LogP contribution is -2.37. The summed E-state index contributed by atoms with van der Waals surface area (Å²) in [6.45, 7) is 2.67. The Labute approximate surface area is 123 Å². The number of nitrogens with one attached hydrogen (secondary N) is 1. The van der Waals surface area contributed by atoms with Crippen molar-refractivity contribution in [2.45, 2.75) is 26.2 Å². The zero-order valence-electron chi connectivity index (χ0n) is 12.4. The van der Waals surface area contributed by atoms with E-state index in [4.69, 9.17) is 5.11 Å². The highest BCUT2D eigenvalue weighted by atomic mass is 19.3. The van der Waals surface area contributed by atoms with E-state index in [0.717, 1.165) is 4.90 Å². The molecule has 0 unspecified atom stereocenters. The summed E-state index contributed by atoms with van der Waals surface area (Å²) in [7, 11) is 1.67. The van der Waals surface area contributed by atoms with Gasteiger partial charge in [0.1, 0.15) is 5.82 Å². The fourth-order valence-corrected chi connectivity index (χ4v) is 1.84. The van der Waals surface area contributed by atoms with Gasteiger partial charge in [-0.05, 0) is 18.1 Å². The minimum atomic E-state index is -2.64. The summed E-state index contributed by atoms with van der Waals surface area (Å²) in [5.41, 5.74) is 0.985. The first kappa shape index (κ1) is 17.3. The first-order valence-electron chi connectivity index (χ1n) is 6.77. The third-order valence-corrected chi connectivity index (χ3v) is 2.96. The molecule has 0 radical (unpaired) electrons. The lowest BCUT2D eigenvalue weighted by molar-refractivity contribution is 0.0509. The molecule has 7 heteroatoms. The van der Waals surface area contributed by atoms with Crippen LogP contribution in [0.3, 0.4) is 0 Å². The number of rotatable bonds is 7. The molecule has 5 nitrogen and oxygen atoms in total. The van der Waals surface area contributed by atoms with Crippen molar-refractivity contribution < 1.29 is 18.7 Å². The van der Waals surface area contributed by atoms with Gasteiger partial charge in [-0.25, -0.2) is 13.8 Å². The van der Waals surface area contributed by atoms with Gasteiger partial charge in [0.25, 0.3) is 12.3 Å². The van der Waals surface area contributed by atoms with Gasteiger partial charge in [0.15, 0.2) is 0 Å². The largest absolute Gasteiger partial charge is 0.395 e. The molecule has 1 amide bonds. The van der Waals surface area contributed by atoms with Gasteiger partial charge in [0.2, 0.25) is 0 Å². The van der Waals surface area contributed by atoms with Gasteiger partial charge in [0, 0.05) is 24.8 Å². The molecular weight excluding hydrogens is 280 g/mol. The van der Waals surface area contributed by atoms with Crippen molar-refractivity contribution in [3.63, 3.8) is 0 Å². The first-order chi connectivity index (χ1) is 9.88. The van der Waals surface area contributed by atoms with E-state index >= 15 is 0 Å². The van der Waals surface area contributed by atoms with Crippen LogP contribution < -0.4 is 5.32 Å². The van der Waals surface area contributed by atoms with Crippen LogP contribution in [0.25, 0.3) is 0 Å². The standard InChI is InChI=1S/C14H21F2N3O2/c1-9(2)11-6-10(7-13(17-3)18-11)14(21)19(4-5-20)8-12(15)16/h6-7,9,12,20H,4-5,8H2,1-3H3,(H,17,18). The number of carbonyl (C=O) groups is 1. The zero-order chi connectivity index (χ0) is 16.0. The number of anilines is 1. The van der Waals surface area contributed by atoms with Crippen molar-refractivity contribution in [3.8, 4) is 0 Å². The van der Waals surface area contributed by atoms with Gasteiger partial charge in [-0.3, -0.25) is 4.79 Å². The number of carbonyl (C=O) groups excluding carboxylic acids is 1. The molecule has 0 aliphatic heterocycles. The number of hydrogen-bond acceptors (Lipinski definition) is 4. The van der Waals surface area contributed by atoms with Crippen molar-refractivity contribution in [3.05, 3.63) is 23.4 Å². The lowest BCUT2D eigenvalue weighted by atomic mass is 10.1. The molecule has 2 N–H and O–H groups in total. The summed E-state index contributed by atoms with van der Waals surface area (Å²) >= 11 is 0. The van der Waals surface area contributed by atoms with E-state index in [-0.39, 0.29) is 24.6 Å². The third-order valence-electron chi connectivity index (χ3n) is 2.96. The van der Waals surface area contributed by atoms with Gasteiger partial charge in [-0.2, -0.15) is 0 Å². The normalized spacial score (nSPS) is 11.0. The molecule has 0 bridgehead atoms. The van der Waals surface area contributed by atoms with Crippen molar-refractivity contribution in [1.82, 2.24) is 9.88 Å². The van der Waals surface area contributed by atoms with Crippen molar-refractivity contribution in [2.75, 3.05) is 32.1 Å². The summed E-state index contributed by atoms with van der Waals surface area (Å²) in [6.07, 6.45) is -2.64. The maximum atomic E-state index is 12.5. The molecule has 21 heavy (non-hydrogen) atoms. The van der Waals surface area contributed by atoms with Crippen LogP contribution in [-0.4, -0.2) is 54.1 Å². The Bertz CT molecular complexity index is 481. The number of amides is 1. The molecule has 1 heterocycles. The Morgan fingerprint density at radius 1 is 1.43 bits per heavy atom. The molecule has 0 saturated heterocycles. The van der Waals surface area contributed by atoms with E-state index in [1.807, 2.05) is 13.8 Å². The van der Waals surface area contributed by atoms with Crippen LogP contribution in [0.15, 0.2) is 12.1 Å². The quantitative estimate of drug-likeness (QED) is 0.808. The SMILES string of the molecule is CNc1cc(C(=O)N(CCO)CC(F)F)cc(C(C)C)n1. The van der Waals surface area contributed by atoms with E-state index < -0.39 is 18.9 Å². The lowest BCUT2D eigenvalue weighted by Gasteiger charge is -2.22. The fraction of sp³-hybridized carbons (Fsp3) is 0.571. The van der Waals surface area contributed by atoms with Gasteiger partial charge in [-0.1, -0.05) is 13.8 Å². The molecular formula is C14H21F2N3O2. The van der Waals surface area contributed by atoms with E-state index in [0.29, 0.717) is 11.5 Å². The molecule has 0 spiro atoms.